The van der Waals surface area contributed by atoms with E-state index in [2.05, 4.69) is 56.0 Å². The number of carbonyl (C=O) groups excluding carboxylic acids is 1. The van der Waals surface area contributed by atoms with Crippen molar-refractivity contribution in [3.8, 4) is 0 Å². The minimum absolute atomic E-state index is 0.0323. The highest BCUT2D eigenvalue weighted by Gasteiger charge is 2.06. The molecule has 4 heteroatoms. The van der Waals surface area contributed by atoms with Gasteiger partial charge in [-0.3, -0.25) is 4.79 Å². The maximum atomic E-state index is 12.0. The molecule has 0 saturated heterocycles. The Morgan fingerprint density at radius 1 is 1.16 bits per heavy atom. The highest BCUT2D eigenvalue weighted by atomic mass is 127. The summed E-state index contributed by atoms with van der Waals surface area (Å²) in [6.07, 6.45) is 0.845. The number of hydrogen-bond acceptors (Lipinski definition) is 1. The van der Waals surface area contributed by atoms with E-state index >= 15 is 0 Å². The van der Waals surface area contributed by atoms with Crippen LogP contribution in [0.15, 0.2) is 53.0 Å². The fourth-order valence-corrected chi connectivity index (χ4v) is 3.34. The first-order valence-corrected chi connectivity index (χ1v) is 7.80. The summed E-state index contributed by atoms with van der Waals surface area (Å²) in [5, 5.41) is 2.94. The third kappa shape index (κ3) is 4.62. The Morgan fingerprint density at radius 2 is 1.89 bits per heavy atom. The quantitative estimate of drug-likeness (QED) is 0.730. The van der Waals surface area contributed by atoms with Crippen LogP contribution in [0.1, 0.15) is 15.9 Å². The molecule has 0 atom stereocenters. The van der Waals surface area contributed by atoms with E-state index in [4.69, 9.17) is 0 Å². The summed E-state index contributed by atoms with van der Waals surface area (Å²) in [4.78, 5) is 12.0. The lowest BCUT2D eigenvalue weighted by molar-refractivity contribution is 0.0954. The Hall–Kier alpha value is -0.880. The van der Waals surface area contributed by atoms with Crippen molar-refractivity contribution in [1.82, 2.24) is 5.32 Å². The molecule has 0 aromatic heterocycles. The summed E-state index contributed by atoms with van der Waals surface area (Å²) >= 11 is 5.60. The molecule has 0 bridgehead atoms. The summed E-state index contributed by atoms with van der Waals surface area (Å²) in [6, 6.07) is 15.8. The predicted molar refractivity (Wildman–Crippen MR) is 89.3 cm³/mol. The first-order valence-electron chi connectivity index (χ1n) is 5.93. The van der Waals surface area contributed by atoms with Crippen molar-refractivity contribution in [2.45, 2.75) is 6.42 Å². The van der Waals surface area contributed by atoms with Crippen LogP contribution in [0.25, 0.3) is 0 Å². The van der Waals surface area contributed by atoms with Gasteiger partial charge in [-0.15, -0.1) is 0 Å². The smallest absolute Gasteiger partial charge is 0.251 e. The molecule has 1 amide bonds. The number of hydrogen-bond donors (Lipinski definition) is 1. The molecule has 2 aromatic carbocycles. The van der Waals surface area contributed by atoms with E-state index < -0.39 is 0 Å². The molecule has 19 heavy (non-hydrogen) atoms. The van der Waals surface area contributed by atoms with Crippen molar-refractivity contribution in [2.75, 3.05) is 6.54 Å². The van der Waals surface area contributed by atoms with Gasteiger partial charge in [0.25, 0.3) is 5.91 Å². The van der Waals surface area contributed by atoms with Gasteiger partial charge >= 0.3 is 0 Å². The highest BCUT2D eigenvalue weighted by molar-refractivity contribution is 14.1. The van der Waals surface area contributed by atoms with E-state index in [9.17, 15) is 4.79 Å². The SMILES string of the molecule is O=C(NCCc1ccccc1)c1cc(Br)cc(I)c1. The van der Waals surface area contributed by atoms with Gasteiger partial charge in [0.2, 0.25) is 0 Å². The molecule has 0 aliphatic carbocycles. The van der Waals surface area contributed by atoms with E-state index in [1.807, 2.05) is 36.4 Å². The molecule has 2 aromatic rings. The van der Waals surface area contributed by atoms with Gasteiger partial charge in [0.15, 0.2) is 0 Å². The van der Waals surface area contributed by atoms with Gasteiger partial charge in [0.1, 0.15) is 0 Å². The zero-order chi connectivity index (χ0) is 13.7. The van der Waals surface area contributed by atoms with Crippen LogP contribution in [0.2, 0.25) is 0 Å². The maximum Gasteiger partial charge on any atom is 0.251 e. The Morgan fingerprint density at radius 3 is 2.58 bits per heavy atom. The normalized spacial score (nSPS) is 10.2. The van der Waals surface area contributed by atoms with Gasteiger partial charge in [-0.1, -0.05) is 46.3 Å². The van der Waals surface area contributed by atoms with E-state index in [0.29, 0.717) is 12.1 Å². The van der Waals surface area contributed by atoms with E-state index in [-0.39, 0.29) is 5.91 Å². The highest BCUT2D eigenvalue weighted by Crippen LogP contribution is 2.17. The fourth-order valence-electron chi connectivity index (χ4n) is 1.75. The molecule has 0 saturated carbocycles. The molecular weight excluding hydrogens is 417 g/mol. The van der Waals surface area contributed by atoms with Crippen LogP contribution in [0, 0.1) is 3.57 Å². The Labute approximate surface area is 134 Å². The number of halogens is 2. The Kier molecular flexibility index (Phi) is 5.39. The minimum atomic E-state index is -0.0323. The predicted octanol–water partition coefficient (Wildman–Crippen LogP) is 4.03. The van der Waals surface area contributed by atoms with Crippen LogP contribution in [0.5, 0.6) is 0 Å². The van der Waals surface area contributed by atoms with Crippen molar-refractivity contribution >= 4 is 44.4 Å². The zero-order valence-electron chi connectivity index (χ0n) is 10.2. The molecule has 0 spiro atoms. The number of rotatable bonds is 4. The van der Waals surface area contributed by atoms with Crippen molar-refractivity contribution in [3.63, 3.8) is 0 Å². The zero-order valence-corrected chi connectivity index (χ0v) is 13.9. The second kappa shape index (κ2) is 7.05. The standard InChI is InChI=1S/C15H13BrINO/c16-13-8-12(9-14(17)10-13)15(19)18-7-6-11-4-2-1-3-5-11/h1-5,8-10H,6-7H2,(H,18,19). The summed E-state index contributed by atoms with van der Waals surface area (Å²) in [5.74, 6) is -0.0323. The van der Waals surface area contributed by atoms with Crippen molar-refractivity contribution in [1.29, 1.82) is 0 Å². The minimum Gasteiger partial charge on any atom is -0.352 e. The van der Waals surface area contributed by atoms with Gasteiger partial charge < -0.3 is 5.32 Å². The second-order valence-corrected chi connectivity index (χ2v) is 6.31. The first-order chi connectivity index (χ1) is 9.15. The van der Waals surface area contributed by atoms with Crippen LogP contribution in [0.4, 0.5) is 0 Å². The van der Waals surface area contributed by atoms with Gasteiger partial charge in [0.05, 0.1) is 0 Å². The third-order valence-electron chi connectivity index (χ3n) is 2.67. The monoisotopic (exact) mass is 429 g/mol. The maximum absolute atomic E-state index is 12.0. The van der Waals surface area contributed by atoms with Crippen LogP contribution >= 0.6 is 38.5 Å². The largest absolute Gasteiger partial charge is 0.352 e. The molecule has 0 fully saturated rings. The molecule has 98 valence electrons. The number of carbonyl (C=O) groups is 1. The van der Waals surface area contributed by atoms with Crippen molar-refractivity contribution < 1.29 is 4.79 Å². The summed E-state index contributed by atoms with van der Waals surface area (Å²) in [6.45, 7) is 0.645. The molecule has 0 heterocycles. The molecule has 0 aliphatic heterocycles. The summed E-state index contributed by atoms with van der Waals surface area (Å²) < 4.78 is 1.97. The molecule has 2 nitrogen and oxygen atoms in total. The van der Waals surface area contributed by atoms with Crippen LogP contribution in [-0.2, 0) is 6.42 Å². The van der Waals surface area contributed by atoms with Gasteiger partial charge in [0, 0.05) is 20.2 Å². The second-order valence-electron chi connectivity index (χ2n) is 4.15. The molecule has 0 unspecified atom stereocenters. The summed E-state index contributed by atoms with van der Waals surface area (Å²) in [7, 11) is 0. The molecule has 2 rings (SSSR count). The van der Waals surface area contributed by atoms with E-state index in [1.165, 1.54) is 5.56 Å². The molecule has 1 N–H and O–H groups in total. The number of benzene rings is 2. The number of nitrogens with one attached hydrogen (secondary N) is 1. The van der Waals surface area contributed by atoms with Gasteiger partial charge in [-0.2, -0.15) is 0 Å². The average molecular weight is 430 g/mol. The van der Waals surface area contributed by atoms with Gasteiger partial charge in [-0.25, -0.2) is 0 Å². The molecular formula is C15H13BrINO. The number of amides is 1. The molecule has 0 radical (unpaired) electrons. The fraction of sp³-hybridized carbons (Fsp3) is 0.133. The van der Waals surface area contributed by atoms with Crippen LogP contribution < -0.4 is 5.32 Å². The Bertz CT molecular complexity index is 551. The van der Waals surface area contributed by atoms with E-state index in [1.54, 1.807) is 0 Å². The molecule has 0 aliphatic rings. The first kappa shape index (κ1) is 14.5. The lowest BCUT2D eigenvalue weighted by atomic mass is 10.1. The van der Waals surface area contributed by atoms with Crippen LogP contribution in [0.3, 0.4) is 0 Å². The third-order valence-corrected chi connectivity index (χ3v) is 3.75. The van der Waals surface area contributed by atoms with Gasteiger partial charge in [-0.05, 0) is 52.8 Å². The lowest BCUT2D eigenvalue weighted by Crippen LogP contribution is -2.25. The summed E-state index contributed by atoms with van der Waals surface area (Å²) in [5.41, 5.74) is 1.92. The van der Waals surface area contributed by atoms with Crippen LogP contribution in [-0.4, -0.2) is 12.5 Å². The Balaban J connectivity index is 1.91. The lowest BCUT2D eigenvalue weighted by Gasteiger charge is -2.06. The topological polar surface area (TPSA) is 29.1 Å². The van der Waals surface area contributed by atoms with E-state index in [0.717, 1.165) is 14.5 Å². The average Bonchev–Trinajstić information content (AvgIpc) is 2.38. The van der Waals surface area contributed by atoms with Crippen molar-refractivity contribution in [3.05, 3.63) is 67.7 Å². The van der Waals surface area contributed by atoms with Crippen molar-refractivity contribution in [2.24, 2.45) is 0 Å².